The van der Waals surface area contributed by atoms with Gasteiger partial charge in [-0.25, -0.2) is 0 Å². The van der Waals surface area contributed by atoms with Crippen molar-refractivity contribution < 1.29 is 9.90 Å². The number of aliphatic hydroxyl groups excluding tert-OH is 1. The van der Waals surface area contributed by atoms with Crippen LogP contribution in [0.1, 0.15) is 31.4 Å². The minimum atomic E-state index is -0.440. The Morgan fingerprint density at radius 1 is 1.04 bits per heavy atom. The molecule has 1 amide bonds. The van der Waals surface area contributed by atoms with Gasteiger partial charge in [0.25, 0.3) is 0 Å². The Kier molecular flexibility index (Phi) is 6.45. The summed E-state index contributed by atoms with van der Waals surface area (Å²) in [6, 6.07) is 9.83. The largest absolute Gasteiger partial charge is 0.387 e. The number of benzene rings is 1. The molecule has 138 valence electrons. The lowest BCUT2D eigenvalue weighted by molar-refractivity contribution is -0.134. The molecule has 2 heterocycles. The molecule has 5 nitrogen and oxygen atoms in total. The lowest BCUT2D eigenvalue weighted by atomic mass is 9.99. The third-order valence-electron chi connectivity index (χ3n) is 5.58. The Balaban J connectivity index is 1.39. The fourth-order valence-electron chi connectivity index (χ4n) is 3.70. The van der Waals surface area contributed by atoms with Crippen molar-refractivity contribution >= 4 is 5.91 Å². The highest BCUT2D eigenvalue weighted by Crippen LogP contribution is 2.17. The quantitative estimate of drug-likeness (QED) is 0.880. The molecule has 2 fully saturated rings. The molecule has 0 bridgehead atoms. The summed E-state index contributed by atoms with van der Waals surface area (Å²) >= 11 is 0. The summed E-state index contributed by atoms with van der Waals surface area (Å²) in [5.41, 5.74) is 0.972. The predicted octanol–water partition coefficient (Wildman–Crippen LogP) is 1.60. The molecule has 2 saturated heterocycles. The smallest absolute Gasteiger partial charge is 0.236 e. The van der Waals surface area contributed by atoms with Crippen molar-refractivity contribution in [1.82, 2.24) is 14.7 Å². The molecule has 0 saturated carbocycles. The number of piperazine rings is 1. The van der Waals surface area contributed by atoms with Crippen molar-refractivity contribution in [2.24, 2.45) is 5.92 Å². The highest BCUT2D eigenvalue weighted by molar-refractivity contribution is 5.78. The molecule has 25 heavy (non-hydrogen) atoms. The number of nitrogens with zero attached hydrogens (tertiary/aromatic N) is 3. The second-order valence-corrected chi connectivity index (χ2v) is 7.57. The van der Waals surface area contributed by atoms with E-state index in [-0.39, 0.29) is 5.91 Å². The Morgan fingerprint density at radius 2 is 1.64 bits per heavy atom. The zero-order valence-corrected chi connectivity index (χ0v) is 15.3. The number of likely N-dealkylation sites (tertiary alicyclic amines) is 1. The summed E-state index contributed by atoms with van der Waals surface area (Å²) in [7, 11) is 0. The van der Waals surface area contributed by atoms with Crippen molar-refractivity contribution in [1.29, 1.82) is 0 Å². The Labute approximate surface area is 151 Å². The molecular formula is C20H31N3O2. The van der Waals surface area contributed by atoms with Gasteiger partial charge < -0.3 is 10.0 Å². The zero-order chi connectivity index (χ0) is 17.6. The highest BCUT2D eigenvalue weighted by Gasteiger charge is 2.25. The number of carbonyl (C=O) groups is 1. The topological polar surface area (TPSA) is 47.0 Å². The van der Waals surface area contributed by atoms with Crippen LogP contribution in [0.25, 0.3) is 0 Å². The molecule has 1 atom stereocenters. The van der Waals surface area contributed by atoms with E-state index < -0.39 is 6.10 Å². The minimum Gasteiger partial charge on any atom is -0.387 e. The van der Waals surface area contributed by atoms with E-state index in [4.69, 9.17) is 0 Å². The van der Waals surface area contributed by atoms with E-state index in [1.165, 1.54) is 0 Å². The molecule has 0 unspecified atom stereocenters. The van der Waals surface area contributed by atoms with Gasteiger partial charge in [0.1, 0.15) is 0 Å². The van der Waals surface area contributed by atoms with E-state index in [1.807, 2.05) is 35.2 Å². The van der Waals surface area contributed by atoms with Crippen LogP contribution < -0.4 is 0 Å². The average molecular weight is 345 g/mol. The monoisotopic (exact) mass is 345 g/mol. The number of rotatable bonds is 5. The molecule has 0 spiro atoms. The number of hydrogen-bond acceptors (Lipinski definition) is 4. The molecule has 0 aliphatic carbocycles. The van der Waals surface area contributed by atoms with Gasteiger partial charge >= 0.3 is 0 Å². The first-order valence-corrected chi connectivity index (χ1v) is 9.57. The van der Waals surface area contributed by atoms with Gasteiger partial charge in [-0.15, -0.1) is 0 Å². The minimum absolute atomic E-state index is 0.282. The number of amides is 1. The highest BCUT2D eigenvalue weighted by atomic mass is 16.3. The van der Waals surface area contributed by atoms with Gasteiger partial charge in [-0.05, 0) is 24.3 Å². The van der Waals surface area contributed by atoms with Crippen molar-refractivity contribution in [3.63, 3.8) is 0 Å². The standard InChI is InChI=1S/C20H31N3O2/c1-17-7-9-23(10-8-17)20(25)16-22-13-11-21(12-14-22)15-19(24)18-5-3-2-4-6-18/h2-6,17,19,24H,7-16H2,1H3/t19-/m0/s1. The fraction of sp³-hybridized carbons (Fsp3) is 0.650. The summed E-state index contributed by atoms with van der Waals surface area (Å²) < 4.78 is 0. The van der Waals surface area contributed by atoms with Crippen LogP contribution in [0.5, 0.6) is 0 Å². The second-order valence-electron chi connectivity index (χ2n) is 7.57. The van der Waals surface area contributed by atoms with Crippen LogP contribution in [0, 0.1) is 5.92 Å². The van der Waals surface area contributed by atoms with E-state index in [2.05, 4.69) is 16.7 Å². The summed E-state index contributed by atoms with van der Waals surface area (Å²) in [5, 5.41) is 10.4. The molecule has 1 aromatic rings. The molecule has 5 heteroatoms. The first-order chi connectivity index (χ1) is 12.1. The van der Waals surface area contributed by atoms with E-state index in [0.717, 1.165) is 63.6 Å². The maximum absolute atomic E-state index is 12.4. The van der Waals surface area contributed by atoms with Gasteiger partial charge in [0.05, 0.1) is 12.6 Å². The Hall–Kier alpha value is -1.43. The number of carbonyl (C=O) groups excluding carboxylic acids is 1. The van der Waals surface area contributed by atoms with E-state index in [0.29, 0.717) is 13.1 Å². The molecular weight excluding hydrogens is 314 g/mol. The van der Waals surface area contributed by atoms with E-state index in [9.17, 15) is 9.90 Å². The first-order valence-electron chi connectivity index (χ1n) is 9.57. The average Bonchev–Trinajstić information content (AvgIpc) is 2.64. The number of hydrogen-bond donors (Lipinski definition) is 1. The van der Waals surface area contributed by atoms with Crippen LogP contribution in [0.3, 0.4) is 0 Å². The lowest BCUT2D eigenvalue weighted by Crippen LogP contribution is -2.51. The van der Waals surface area contributed by atoms with Gasteiger partial charge in [0, 0.05) is 45.8 Å². The molecule has 0 aromatic heterocycles. The second kappa shape index (κ2) is 8.79. The third-order valence-corrected chi connectivity index (χ3v) is 5.58. The van der Waals surface area contributed by atoms with Gasteiger partial charge in [-0.1, -0.05) is 37.3 Å². The molecule has 1 aromatic carbocycles. The fourth-order valence-corrected chi connectivity index (χ4v) is 3.70. The normalized spacial score (nSPS) is 22.1. The number of β-amino-alcohol motifs (C(OH)–C–C–N with tert-alkyl or cyclic N) is 1. The van der Waals surface area contributed by atoms with Gasteiger partial charge in [0.2, 0.25) is 5.91 Å². The first kappa shape index (κ1) is 18.4. The van der Waals surface area contributed by atoms with E-state index >= 15 is 0 Å². The van der Waals surface area contributed by atoms with Crippen molar-refractivity contribution in [3.05, 3.63) is 35.9 Å². The molecule has 1 N–H and O–H groups in total. The molecule has 0 radical (unpaired) electrons. The van der Waals surface area contributed by atoms with Crippen LogP contribution in [0.15, 0.2) is 30.3 Å². The maximum atomic E-state index is 12.4. The third kappa shape index (κ3) is 5.27. The van der Waals surface area contributed by atoms with E-state index in [1.54, 1.807) is 0 Å². The van der Waals surface area contributed by atoms with Gasteiger partial charge in [0.15, 0.2) is 0 Å². The Morgan fingerprint density at radius 3 is 2.28 bits per heavy atom. The molecule has 3 rings (SSSR count). The van der Waals surface area contributed by atoms with Crippen LogP contribution in [0.4, 0.5) is 0 Å². The van der Waals surface area contributed by atoms with Crippen molar-refractivity contribution in [2.45, 2.75) is 25.9 Å². The number of aliphatic hydroxyl groups is 1. The van der Waals surface area contributed by atoms with Crippen molar-refractivity contribution in [3.8, 4) is 0 Å². The van der Waals surface area contributed by atoms with Crippen LogP contribution in [-0.2, 0) is 4.79 Å². The summed E-state index contributed by atoms with van der Waals surface area (Å²) in [6.07, 6.45) is 1.83. The summed E-state index contributed by atoms with van der Waals surface area (Å²) in [6.45, 7) is 8.94. The molecule has 2 aliphatic rings. The van der Waals surface area contributed by atoms with Crippen LogP contribution >= 0.6 is 0 Å². The number of piperidine rings is 1. The zero-order valence-electron chi connectivity index (χ0n) is 15.3. The predicted molar refractivity (Wildman–Crippen MR) is 99.3 cm³/mol. The summed E-state index contributed by atoms with van der Waals surface area (Å²) in [5.74, 6) is 1.04. The maximum Gasteiger partial charge on any atom is 0.236 e. The van der Waals surface area contributed by atoms with Crippen LogP contribution in [-0.4, -0.2) is 78.1 Å². The van der Waals surface area contributed by atoms with Crippen LogP contribution in [0.2, 0.25) is 0 Å². The van der Waals surface area contributed by atoms with Gasteiger partial charge in [-0.3, -0.25) is 14.6 Å². The van der Waals surface area contributed by atoms with Crippen molar-refractivity contribution in [2.75, 3.05) is 52.4 Å². The Bertz CT molecular complexity index is 535. The van der Waals surface area contributed by atoms with Gasteiger partial charge in [-0.2, -0.15) is 0 Å². The summed E-state index contributed by atoms with van der Waals surface area (Å²) in [4.78, 5) is 19.0. The SMILES string of the molecule is CC1CCN(C(=O)CN2CCN(C[C@H](O)c3ccccc3)CC2)CC1. The molecule has 2 aliphatic heterocycles. The lowest BCUT2D eigenvalue weighted by Gasteiger charge is -2.37.